The first kappa shape index (κ1) is 34.5. The molecule has 0 aromatic heterocycles. The summed E-state index contributed by atoms with van der Waals surface area (Å²) in [6, 6.07) is -0.833. The Kier molecular flexibility index (Phi) is 28.9. The van der Waals surface area contributed by atoms with Crippen molar-refractivity contribution in [2.75, 3.05) is 19.8 Å². The van der Waals surface area contributed by atoms with Crippen molar-refractivity contribution in [3.63, 3.8) is 0 Å². The summed E-state index contributed by atoms with van der Waals surface area (Å²) in [6.07, 6.45) is 21.3. The molecular formula is C25H55N2O5P. The van der Waals surface area contributed by atoms with E-state index in [2.05, 4.69) is 32.2 Å². The molecule has 0 spiro atoms. The maximum atomic E-state index is 13.0. The lowest BCUT2D eigenvalue weighted by Gasteiger charge is -2.18. The minimum atomic E-state index is -3.40. The molecule has 2 amide bonds. The van der Waals surface area contributed by atoms with Crippen molar-refractivity contribution in [1.29, 1.82) is 0 Å². The number of carbonyl (C=O) groups excluding carboxylic acids is 1. The zero-order valence-electron chi connectivity index (χ0n) is 22.0. The Hall–Kier alpha value is -0.620. The molecule has 33 heavy (non-hydrogen) atoms. The number of unbranched alkanes of at least 4 members (excludes halogenated alkanes) is 15. The Balaban J connectivity index is 0. The molecule has 0 aliphatic carbocycles. The molecule has 0 saturated heterocycles. The highest BCUT2D eigenvalue weighted by molar-refractivity contribution is 7.48. The van der Waals surface area contributed by atoms with E-state index in [0.717, 1.165) is 38.5 Å². The first-order chi connectivity index (χ1) is 15.9. The molecule has 0 aliphatic heterocycles. The van der Waals surface area contributed by atoms with Crippen molar-refractivity contribution in [1.82, 2.24) is 0 Å². The van der Waals surface area contributed by atoms with Crippen molar-refractivity contribution in [3.05, 3.63) is 0 Å². The molecule has 0 aromatic carbocycles. The van der Waals surface area contributed by atoms with Gasteiger partial charge in [-0.15, -0.1) is 0 Å². The summed E-state index contributed by atoms with van der Waals surface area (Å²) in [6.45, 7) is 8.08. The molecule has 0 atom stereocenters. The fraction of sp³-hybridized carbons (Fsp3) is 0.960. The summed E-state index contributed by atoms with van der Waals surface area (Å²) in [5.41, 5.74) is 8.50. The van der Waals surface area contributed by atoms with Crippen molar-refractivity contribution in [2.45, 2.75) is 136 Å². The van der Waals surface area contributed by atoms with Crippen LogP contribution in [0.1, 0.15) is 136 Å². The zero-order valence-corrected chi connectivity index (χ0v) is 22.9. The minimum absolute atomic E-state index is 0.469. The van der Waals surface area contributed by atoms with Crippen LogP contribution >= 0.6 is 7.82 Å². The molecule has 0 aliphatic rings. The van der Waals surface area contributed by atoms with Crippen molar-refractivity contribution >= 4 is 13.9 Å². The molecule has 0 fully saturated rings. The van der Waals surface area contributed by atoms with Gasteiger partial charge in [0.2, 0.25) is 0 Å². The maximum absolute atomic E-state index is 13.0. The summed E-state index contributed by atoms with van der Waals surface area (Å²) in [7, 11) is -3.40. The monoisotopic (exact) mass is 494 g/mol. The number of hydrogen-bond donors (Lipinski definition) is 2. The second kappa shape index (κ2) is 27.6. The lowest BCUT2D eigenvalue weighted by Crippen LogP contribution is -2.18. The van der Waals surface area contributed by atoms with Crippen LogP contribution in [0.4, 0.5) is 4.79 Å². The van der Waals surface area contributed by atoms with Gasteiger partial charge in [0.25, 0.3) is 0 Å². The molecule has 4 N–H and O–H groups in total. The lowest BCUT2D eigenvalue weighted by molar-refractivity contribution is 0.108. The summed E-state index contributed by atoms with van der Waals surface area (Å²) in [5.74, 6) is 0. The highest BCUT2D eigenvalue weighted by Gasteiger charge is 2.26. The van der Waals surface area contributed by atoms with Crippen molar-refractivity contribution < 1.29 is 22.9 Å². The maximum Gasteiger partial charge on any atom is 0.474 e. The Morgan fingerprint density at radius 2 is 0.727 bits per heavy atom. The highest BCUT2D eigenvalue weighted by Crippen LogP contribution is 2.50. The van der Waals surface area contributed by atoms with Crippen LogP contribution in [0.5, 0.6) is 0 Å². The number of hydrogen-bond acceptors (Lipinski definition) is 5. The van der Waals surface area contributed by atoms with Crippen molar-refractivity contribution in [3.8, 4) is 0 Å². The van der Waals surface area contributed by atoms with E-state index in [0.29, 0.717) is 19.8 Å². The van der Waals surface area contributed by atoms with Crippen LogP contribution < -0.4 is 11.5 Å². The van der Waals surface area contributed by atoms with Crippen LogP contribution in [0, 0.1) is 0 Å². The van der Waals surface area contributed by atoms with Gasteiger partial charge < -0.3 is 11.5 Å². The number of primary amides is 2. The van der Waals surface area contributed by atoms with Gasteiger partial charge in [-0.1, -0.05) is 117 Å². The van der Waals surface area contributed by atoms with E-state index in [1.54, 1.807) is 0 Å². The molecule has 8 heteroatoms. The average Bonchev–Trinajstić information content (AvgIpc) is 2.77. The van der Waals surface area contributed by atoms with E-state index in [9.17, 15) is 4.57 Å². The number of rotatable bonds is 24. The normalized spacial score (nSPS) is 11.2. The van der Waals surface area contributed by atoms with Crippen LogP contribution in [-0.2, 0) is 18.1 Å². The van der Waals surface area contributed by atoms with E-state index >= 15 is 0 Å². The summed E-state index contributed by atoms with van der Waals surface area (Å²) >= 11 is 0. The topological polar surface area (TPSA) is 114 Å². The molecule has 200 valence electrons. The van der Waals surface area contributed by atoms with Gasteiger partial charge in [-0.2, -0.15) is 0 Å². The summed E-state index contributed by atoms with van der Waals surface area (Å²) in [5, 5.41) is 0. The Labute approximate surface area is 204 Å². The largest absolute Gasteiger partial charge is 0.474 e. The van der Waals surface area contributed by atoms with Crippen LogP contribution in [0.3, 0.4) is 0 Å². The number of phosphoric acid groups is 1. The first-order valence-electron chi connectivity index (χ1n) is 13.5. The SMILES string of the molecule is CCCCCCCCOP(=O)(OCCCCCCCC)OCCCCCCCC.NC(N)=O. The fourth-order valence-corrected chi connectivity index (χ4v) is 4.57. The van der Waals surface area contributed by atoms with E-state index in [4.69, 9.17) is 18.4 Å². The van der Waals surface area contributed by atoms with E-state index < -0.39 is 13.9 Å². The third-order valence-electron chi connectivity index (χ3n) is 5.24. The molecular weight excluding hydrogens is 439 g/mol. The Morgan fingerprint density at radius 3 is 0.970 bits per heavy atom. The van der Waals surface area contributed by atoms with Gasteiger partial charge >= 0.3 is 13.9 Å². The molecule has 0 unspecified atom stereocenters. The van der Waals surface area contributed by atoms with E-state index in [1.165, 1.54) is 77.0 Å². The van der Waals surface area contributed by atoms with Gasteiger partial charge in [0.1, 0.15) is 0 Å². The number of urea groups is 1. The highest BCUT2D eigenvalue weighted by atomic mass is 31.2. The zero-order chi connectivity index (χ0) is 25.0. The molecule has 0 saturated carbocycles. The van der Waals surface area contributed by atoms with Gasteiger partial charge in [0, 0.05) is 0 Å². The number of amides is 2. The average molecular weight is 495 g/mol. The molecule has 0 aromatic rings. The number of carbonyl (C=O) groups is 1. The number of phosphoric ester groups is 1. The predicted octanol–water partition coefficient (Wildman–Crippen LogP) is 8.25. The van der Waals surface area contributed by atoms with Crippen LogP contribution in [-0.4, -0.2) is 25.9 Å². The second-order valence-corrected chi connectivity index (χ2v) is 10.3. The van der Waals surface area contributed by atoms with Gasteiger partial charge in [-0.25, -0.2) is 9.36 Å². The van der Waals surface area contributed by atoms with Gasteiger partial charge in [-0.3, -0.25) is 13.6 Å². The third-order valence-corrected chi connectivity index (χ3v) is 6.74. The summed E-state index contributed by atoms with van der Waals surface area (Å²) in [4.78, 5) is 9.00. The lowest BCUT2D eigenvalue weighted by atomic mass is 10.1. The first-order valence-corrected chi connectivity index (χ1v) is 15.0. The Morgan fingerprint density at radius 1 is 0.515 bits per heavy atom. The Bertz CT molecular complexity index is 396. The smallest absolute Gasteiger partial charge is 0.352 e. The molecule has 0 heterocycles. The molecule has 0 rings (SSSR count). The predicted molar refractivity (Wildman–Crippen MR) is 139 cm³/mol. The van der Waals surface area contributed by atoms with E-state index in [1.807, 2.05) is 0 Å². The van der Waals surface area contributed by atoms with Crippen LogP contribution in [0.15, 0.2) is 0 Å². The number of nitrogens with two attached hydrogens (primary N) is 2. The van der Waals surface area contributed by atoms with Gasteiger partial charge in [0.15, 0.2) is 0 Å². The van der Waals surface area contributed by atoms with Gasteiger partial charge in [-0.05, 0) is 19.3 Å². The molecule has 0 bridgehead atoms. The second-order valence-electron chi connectivity index (χ2n) is 8.65. The van der Waals surface area contributed by atoms with Crippen LogP contribution in [0.25, 0.3) is 0 Å². The van der Waals surface area contributed by atoms with Crippen LogP contribution in [0.2, 0.25) is 0 Å². The quantitative estimate of drug-likeness (QED) is 0.104. The third kappa shape index (κ3) is 31.4. The molecule has 7 nitrogen and oxygen atoms in total. The fourth-order valence-electron chi connectivity index (χ4n) is 3.29. The summed E-state index contributed by atoms with van der Waals surface area (Å²) < 4.78 is 29.9. The molecule has 0 radical (unpaired) electrons. The standard InChI is InChI=1S/C24H51O4P.CH4N2O/c1-4-7-10-13-16-19-22-26-29(25,27-23-20-17-14-11-8-5-2)28-24-21-18-15-12-9-6-3;2-1(3)4/h4-24H2,1-3H3;(H4,2,3,4). The van der Waals surface area contributed by atoms with Crippen molar-refractivity contribution in [2.24, 2.45) is 11.5 Å². The van der Waals surface area contributed by atoms with E-state index in [-0.39, 0.29) is 0 Å². The minimum Gasteiger partial charge on any atom is -0.352 e. The van der Waals surface area contributed by atoms with Gasteiger partial charge in [0.05, 0.1) is 19.8 Å².